The Balaban J connectivity index is 1.64. The Morgan fingerprint density at radius 1 is 1.04 bits per heavy atom. The van der Waals surface area contributed by atoms with E-state index in [2.05, 4.69) is 55.5 Å². The average Bonchev–Trinajstić information content (AvgIpc) is 2.61. The Kier molecular flexibility index (Phi) is 5.63. The summed E-state index contributed by atoms with van der Waals surface area (Å²) in [7, 11) is 0. The van der Waals surface area contributed by atoms with Crippen LogP contribution in [0.15, 0.2) is 42.5 Å². The number of pyridine rings is 1. The normalized spacial score (nSPS) is 17.3. The molecular weight excluding hydrogens is 278 g/mol. The van der Waals surface area contributed by atoms with Crippen LogP contribution >= 0.6 is 0 Å². The van der Waals surface area contributed by atoms with E-state index in [1.807, 2.05) is 6.07 Å². The highest BCUT2D eigenvalue weighted by Gasteiger charge is 2.19. The molecule has 1 nitrogen and oxygen atoms in total. The second kappa shape index (κ2) is 8.10. The van der Waals surface area contributed by atoms with Crippen molar-refractivity contribution in [1.29, 1.82) is 0 Å². The number of aryl methyl sites for hydroxylation is 1. The molecule has 1 aliphatic carbocycles. The number of nitrogens with zero attached hydrogens (tertiary/aromatic N) is 1. The first kappa shape index (κ1) is 16.0. The molecule has 0 saturated carbocycles. The predicted octanol–water partition coefficient (Wildman–Crippen LogP) is 5.94. The minimum atomic E-state index is 0.876. The molecule has 1 heterocycles. The lowest BCUT2D eigenvalue weighted by Gasteiger charge is -2.24. The fourth-order valence-electron chi connectivity index (χ4n) is 3.47. The Hall–Kier alpha value is -1.89. The Bertz CT molecular complexity index is 642. The van der Waals surface area contributed by atoms with Crippen molar-refractivity contribution < 1.29 is 0 Å². The smallest absolute Gasteiger partial charge is 0.0633 e. The van der Waals surface area contributed by atoms with Crippen LogP contribution < -0.4 is 0 Å². The van der Waals surface area contributed by atoms with Gasteiger partial charge in [0.15, 0.2) is 0 Å². The van der Waals surface area contributed by atoms with Gasteiger partial charge in [-0.3, -0.25) is 4.98 Å². The number of benzene rings is 1. The van der Waals surface area contributed by atoms with Gasteiger partial charge in [0.05, 0.1) is 5.69 Å². The summed E-state index contributed by atoms with van der Waals surface area (Å²) >= 11 is 0. The van der Waals surface area contributed by atoms with Crippen LogP contribution in [0.2, 0.25) is 0 Å². The Morgan fingerprint density at radius 2 is 1.91 bits per heavy atom. The van der Waals surface area contributed by atoms with Crippen LogP contribution in [0.1, 0.15) is 61.5 Å². The van der Waals surface area contributed by atoms with Gasteiger partial charge in [0.1, 0.15) is 0 Å². The zero-order valence-corrected chi connectivity index (χ0v) is 14.2. The van der Waals surface area contributed by atoms with Crippen LogP contribution in [0.5, 0.6) is 0 Å². The maximum absolute atomic E-state index is 4.87. The molecule has 2 aromatic rings. The van der Waals surface area contributed by atoms with E-state index in [9.17, 15) is 0 Å². The lowest BCUT2D eigenvalue weighted by Crippen LogP contribution is -2.15. The van der Waals surface area contributed by atoms with E-state index in [-0.39, 0.29) is 0 Å². The first-order valence-electron chi connectivity index (χ1n) is 9.07. The summed E-state index contributed by atoms with van der Waals surface area (Å²) in [6, 6.07) is 14.9. The molecule has 0 spiro atoms. The van der Waals surface area contributed by atoms with Crippen LogP contribution in [0.3, 0.4) is 0 Å². The molecule has 1 aromatic heterocycles. The molecular formula is C22H27N. The highest BCUT2D eigenvalue weighted by atomic mass is 14.7. The lowest BCUT2D eigenvalue weighted by molar-refractivity contribution is 0.404. The SMILES string of the molecule is CCCCC[C@@H]1CCc2nc(/C=C/c3ccccc3)ccc2C1. The molecule has 0 radical (unpaired) electrons. The Morgan fingerprint density at radius 3 is 2.74 bits per heavy atom. The molecule has 0 N–H and O–H groups in total. The fraction of sp³-hybridized carbons (Fsp3) is 0.409. The number of hydrogen-bond donors (Lipinski definition) is 0. The number of hydrogen-bond acceptors (Lipinski definition) is 1. The molecule has 0 amide bonds. The molecule has 0 aliphatic heterocycles. The zero-order chi connectivity index (χ0) is 15.9. The number of fused-ring (bicyclic) bond motifs is 1. The van der Waals surface area contributed by atoms with Crippen LogP contribution in [-0.2, 0) is 12.8 Å². The van der Waals surface area contributed by atoms with E-state index in [0.717, 1.165) is 18.0 Å². The van der Waals surface area contributed by atoms with Gasteiger partial charge < -0.3 is 0 Å². The third kappa shape index (κ3) is 4.54. The summed E-state index contributed by atoms with van der Waals surface area (Å²) in [4.78, 5) is 4.87. The number of rotatable bonds is 6. The summed E-state index contributed by atoms with van der Waals surface area (Å²) in [6.07, 6.45) is 13.5. The molecule has 1 atom stereocenters. The van der Waals surface area contributed by atoms with E-state index in [1.54, 1.807) is 0 Å². The van der Waals surface area contributed by atoms with Gasteiger partial charge in [0, 0.05) is 5.69 Å². The summed E-state index contributed by atoms with van der Waals surface area (Å²) in [6.45, 7) is 2.28. The zero-order valence-electron chi connectivity index (χ0n) is 14.2. The quantitative estimate of drug-likeness (QED) is 0.602. The van der Waals surface area contributed by atoms with Gasteiger partial charge in [0.2, 0.25) is 0 Å². The van der Waals surface area contributed by atoms with Crippen LogP contribution in [-0.4, -0.2) is 4.98 Å². The van der Waals surface area contributed by atoms with Crippen LogP contribution in [0.25, 0.3) is 12.2 Å². The second-order valence-corrected chi connectivity index (χ2v) is 6.69. The molecule has 120 valence electrons. The second-order valence-electron chi connectivity index (χ2n) is 6.69. The molecule has 0 fully saturated rings. The van der Waals surface area contributed by atoms with Gasteiger partial charge in [-0.05, 0) is 48.4 Å². The third-order valence-corrected chi connectivity index (χ3v) is 4.85. The van der Waals surface area contributed by atoms with Gasteiger partial charge in [-0.1, -0.05) is 75.1 Å². The number of aromatic nitrogens is 1. The number of unbranched alkanes of at least 4 members (excludes halogenated alkanes) is 2. The molecule has 0 unspecified atom stereocenters. The van der Waals surface area contributed by atoms with Crippen molar-refractivity contribution in [3.05, 3.63) is 65.0 Å². The maximum Gasteiger partial charge on any atom is 0.0633 e. The van der Waals surface area contributed by atoms with E-state index >= 15 is 0 Å². The van der Waals surface area contributed by atoms with Crippen molar-refractivity contribution in [2.75, 3.05) is 0 Å². The predicted molar refractivity (Wildman–Crippen MR) is 99.3 cm³/mol. The topological polar surface area (TPSA) is 12.9 Å². The van der Waals surface area contributed by atoms with Gasteiger partial charge in [-0.15, -0.1) is 0 Å². The summed E-state index contributed by atoms with van der Waals surface area (Å²) < 4.78 is 0. The van der Waals surface area contributed by atoms with Crippen molar-refractivity contribution >= 4 is 12.2 Å². The lowest BCUT2D eigenvalue weighted by atomic mass is 9.83. The van der Waals surface area contributed by atoms with E-state index in [0.29, 0.717) is 0 Å². The summed E-state index contributed by atoms with van der Waals surface area (Å²) in [5.41, 5.74) is 5.11. The van der Waals surface area contributed by atoms with Crippen LogP contribution in [0, 0.1) is 5.92 Å². The Labute approximate surface area is 140 Å². The van der Waals surface area contributed by atoms with Crippen molar-refractivity contribution in [3.63, 3.8) is 0 Å². The van der Waals surface area contributed by atoms with Gasteiger partial charge in [0.25, 0.3) is 0 Å². The fourth-order valence-corrected chi connectivity index (χ4v) is 3.47. The summed E-state index contributed by atoms with van der Waals surface area (Å²) in [5, 5.41) is 0. The molecule has 1 aromatic carbocycles. The van der Waals surface area contributed by atoms with Gasteiger partial charge in [-0.25, -0.2) is 0 Å². The van der Waals surface area contributed by atoms with E-state index < -0.39 is 0 Å². The largest absolute Gasteiger partial charge is 0.253 e. The third-order valence-electron chi connectivity index (χ3n) is 4.85. The van der Waals surface area contributed by atoms with E-state index in [1.165, 1.54) is 55.3 Å². The van der Waals surface area contributed by atoms with E-state index in [4.69, 9.17) is 4.98 Å². The maximum atomic E-state index is 4.87. The van der Waals surface area contributed by atoms with Crippen LogP contribution in [0.4, 0.5) is 0 Å². The summed E-state index contributed by atoms with van der Waals surface area (Å²) in [5.74, 6) is 0.876. The van der Waals surface area contributed by atoms with Crippen molar-refractivity contribution in [3.8, 4) is 0 Å². The van der Waals surface area contributed by atoms with Crippen molar-refractivity contribution in [2.45, 2.75) is 51.9 Å². The molecule has 1 aliphatic rings. The highest BCUT2D eigenvalue weighted by molar-refractivity contribution is 5.68. The molecule has 3 rings (SSSR count). The van der Waals surface area contributed by atoms with Crippen molar-refractivity contribution in [1.82, 2.24) is 4.98 Å². The molecule has 1 heteroatoms. The monoisotopic (exact) mass is 305 g/mol. The molecule has 0 saturated heterocycles. The minimum Gasteiger partial charge on any atom is -0.253 e. The highest BCUT2D eigenvalue weighted by Crippen LogP contribution is 2.28. The molecule has 23 heavy (non-hydrogen) atoms. The minimum absolute atomic E-state index is 0.876. The first-order valence-corrected chi connectivity index (χ1v) is 9.07. The van der Waals surface area contributed by atoms with Gasteiger partial charge in [-0.2, -0.15) is 0 Å². The standard InChI is InChI=1S/C22H27N/c1-2-3-5-10-19-12-16-22-20(17-19)13-15-21(23-22)14-11-18-8-6-4-7-9-18/h4,6-9,11,13-15,19H,2-3,5,10,12,16-17H2,1H3/b14-11+/t19-/m1/s1. The average molecular weight is 305 g/mol. The first-order chi connectivity index (χ1) is 11.3. The van der Waals surface area contributed by atoms with Crippen molar-refractivity contribution in [2.24, 2.45) is 5.92 Å². The van der Waals surface area contributed by atoms with Gasteiger partial charge >= 0.3 is 0 Å². The molecule has 0 bridgehead atoms.